The highest BCUT2D eigenvalue weighted by atomic mass is 35.5. The first-order chi connectivity index (χ1) is 7.18. The molecule has 0 aliphatic carbocycles. The summed E-state index contributed by atoms with van der Waals surface area (Å²) in [6, 6.07) is 6.63. The first-order valence-electron chi connectivity index (χ1n) is 4.24. The molecule has 0 fully saturated rings. The van der Waals surface area contributed by atoms with Gasteiger partial charge < -0.3 is 0 Å². The van der Waals surface area contributed by atoms with E-state index in [4.69, 9.17) is 11.6 Å². The van der Waals surface area contributed by atoms with Crippen molar-refractivity contribution in [1.82, 2.24) is 4.98 Å². The van der Waals surface area contributed by atoms with Crippen molar-refractivity contribution in [2.24, 2.45) is 0 Å². The third kappa shape index (κ3) is 1.97. The molecule has 4 heteroatoms. The first-order valence-corrected chi connectivity index (χ1v) is 4.62. The Hall–Kier alpha value is -1.48. The summed E-state index contributed by atoms with van der Waals surface area (Å²) in [4.78, 5) is 3.87. The average molecular weight is 226 g/mol. The zero-order valence-electron chi connectivity index (χ0n) is 7.55. The highest BCUT2D eigenvalue weighted by Gasteiger charge is 2.11. The van der Waals surface area contributed by atoms with E-state index < -0.39 is 11.6 Å². The van der Waals surface area contributed by atoms with E-state index in [-0.39, 0.29) is 11.3 Å². The van der Waals surface area contributed by atoms with Crippen LogP contribution in [0.25, 0.3) is 11.3 Å². The van der Waals surface area contributed by atoms with E-state index in [1.54, 1.807) is 6.07 Å². The summed E-state index contributed by atoms with van der Waals surface area (Å²) in [7, 11) is 0. The predicted octanol–water partition coefficient (Wildman–Crippen LogP) is 3.68. The molecule has 1 aromatic carbocycles. The van der Waals surface area contributed by atoms with Gasteiger partial charge in [-0.25, -0.2) is 8.78 Å². The van der Waals surface area contributed by atoms with E-state index in [1.165, 1.54) is 30.5 Å². The average Bonchev–Trinajstić information content (AvgIpc) is 2.17. The number of halogens is 3. The molecule has 76 valence electrons. The Morgan fingerprint density at radius 2 is 1.73 bits per heavy atom. The summed E-state index contributed by atoms with van der Waals surface area (Å²) in [5, 5.41) is 0.391. The molecule has 0 aliphatic heterocycles. The van der Waals surface area contributed by atoms with Crippen molar-refractivity contribution in [2.45, 2.75) is 0 Å². The number of benzene rings is 1. The molecule has 15 heavy (non-hydrogen) atoms. The molecule has 0 N–H and O–H groups in total. The van der Waals surface area contributed by atoms with Gasteiger partial charge in [0.1, 0.15) is 11.6 Å². The van der Waals surface area contributed by atoms with Crippen LogP contribution < -0.4 is 0 Å². The largest absolute Gasteiger partial charge is 0.256 e. The summed E-state index contributed by atoms with van der Waals surface area (Å²) < 4.78 is 26.7. The highest BCUT2D eigenvalue weighted by molar-refractivity contribution is 6.30. The van der Waals surface area contributed by atoms with Crippen molar-refractivity contribution in [1.29, 1.82) is 0 Å². The molecular formula is C11H6ClF2N. The maximum absolute atomic E-state index is 13.3. The van der Waals surface area contributed by atoms with Gasteiger partial charge >= 0.3 is 0 Å². The summed E-state index contributed by atoms with van der Waals surface area (Å²) in [5.74, 6) is -1.30. The number of rotatable bonds is 1. The molecule has 0 radical (unpaired) electrons. The van der Waals surface area contributed by atoms with Crippen molar-refractivity contribution >= 4 is 11.6 Å². The van der Waals surface area contributed by atoms with Gasteiger partial charge in [-0.3, -0.25) is 4.98 Å². The molecule has 1 aromatic heterocycles. The van der Waals surface area contributed by atoms with E-state index in [0.29, 0.717) is 5.02 Å². The molecule has 0 aliphatic rings. The smallest absolute Gasteiger partial charge is 0.135 e. The lowest BCUT2D eigenvalue weighted by molar-refractivity contribution is 0.588. The zero-order chi connectivity index (χ0) is 10.8. The number of pyridine rings is 1. The van der Waals surface area contributed by atoms with Crippen molar-refractivity contribution in [2.75, 3.05) is 0 Å². The van der Waals surface area contributed by atoms with E-state index in [1.807, 2.05) is 0 Å². The fourth-order valence-corrected chi connectivity index (χ4v) is 1.44. The van der Waals surface area contributed by atoms with Crippen LogP contribution in [-0.4, -0.2) is 4.98 Å². The first kappa shape index (κ1) is 10.1. The van der Waals surface area contributed by atoms with E-state index in [2.05, 4.69) is 4.98 Å². The molecule has 0 unspecified atom stereocenters. The minimum absolute atomic E-state index is 0.153. The van der Waals surface area contributed by atoms with Crippen LogP contribution >= 0.6 is 11.6 Å². The normalized spacial score (nSPS) is 10.3. The van der Waals surface area contributed by atoms with Gasteiger partial charge in [0, 0.05) is 11.2 Å². The standard InChI is InChI=1S/C11H6ClF2N/c12-7-4-5-15-10(6-7)11-8(13)2-1-3-9(11)14/h1-6H. The van der Waals surface area contributed by atoms with E-state index >= 15 is 0 Å². The fourth-order valence-electron chi connectivity index (χ4n) is 1.28. The number of nitrogens with zero attached hydrogens (tertiary/aromatic N) is 1. The lowest BCUT2D eigenvalue weighted by Crippen LogP contribution is -1.91. The van der Waals surface area contributed by atoms with Gasteiger partial charge in [0.2, 0.25) is 0 Å². The second-order valence-corrected chi connectivity index (χ2v) is 3.39. The van der Waals surface area contributed by atoms with Crippen LogP contribution in [0.2, 0.25) is 5.02 Å². The Morgan fingerprint density at radius 1 is 1.07 bits per heavy atom. The van der Waals surface area contributed by atoms with Gasteiger partial charge in [0.15, 0.2) is 0 Å². The van der Waals surface area contributed by atoms with Gasteiger partial charge in [-0.1, -0.05) is 17.7 Å². The maximum atomic E-state index is 13.3. The lowest BCUT2D eigenvalue weighted by Gasteiger charge is -2.03. The SMILES string of the molecule is Fc1cccc(F)c1-c1cc(Cl)ccn1. The Morgan fingerprint density at radius 3 is 2.33 bits per heavy atom. The summed E-state index contributed by atoms with van der Waals surface area (Å²) in [6.45, 7) is 0. The Bertz CT molecular complexity index is 479. The molecule has 0 atom stereocenters. The zero-order valence-corrected chi connectivity index (χ0v) is 8.30. The van der Waals surface area contributed by atoms with Crippen molar-refractivity contribution < 1.29 is 8.78 Å². The van der Waals surface area contributed by atoms with Gasteiger partial charge in [-0.2, -0.15) is 0 Å². The molecule has 2 rings (SSSR count). The number of hydrogen-bond donors (Lipinski definition) is 0. The van der Waals surface area contributed by atoms with Crippen molar-refractivity contribution in [3.8, 4) is 11.3 Å². The molecule has 0 amide bonds. The molecular weight excluding hydrogens is 220 g/mol. The molecule has 0 bridgehead atoms. The van der Waals surface area contributed by atoms with Crippen LogP contribution in [-0.2, 0) is 0 Å². The van der Waals surface area contributed by atoms with Crippen LogP contribution in [0.3, 0.4) is 0 Å². The van der Waals surface area contributed by atoms with Crippen LogP contribution in [0.4, 0.5) is 8.78 Å². The number of hydrogen-bond acceptors (Lipinski definition) is 1. The van der Waals surface area contributed by atoms with Gasteiger partial charge in [-0.15, -0.1) is 0 Å². The van der Waals surface area contributed by atoms with Gasteiger partial charge in [0.25, 0.3) is 0 Å². The Labute approximate surface area is 90.3 Å². The second kappa shape index (κ2) is 3.95. The van der Waals surface area contributed by atoms with Crippen molar-refractivity contribution in [3.05, 3.63) is 53.2 Å². The minimum atomic E-state index is -0.648. The highest BCUT2D eigenvalue weighted by Crippen LogP contribution is 2.25. The quantitative estimate of drug-likeness (QED) is 0.722. The third-order valence-electron chi connectivity index (χ3n) is 1.94. The van der Waals surface area contributed by atoms with Crippen LogP contribution in [0.15, 0.2) is 36.5 Å². The summed E-state index contributed by atoms with van der Waals surface area (Å²) in [5.41, 5.74) is 0.0399. The second-order valence-electron chi connectivity index (χ2n) is 2.96. The molecule has 1 nitrogen and oxygen atoms in total. The lowest BCUT2D eigenvalue weighted by atomic mass is 10.1. The molecule has 0 saturated carbocycles. The Balaban J connectivity index is 2.63. The monoisotopic (exact) mass is 225 g/mol. The van der Waals surface area contributed by atoms with Crippen LogP contribution in [0.5, 0.6) is 0 Å². The summed E-state index contributed by atoms with van der Waals surface area (Å²) in [6.07, 6.45) is 1.41. The Kier molecular flexibility index (Phi) is 2.64. The third-order valence-corrected chi connectivity index (χ3v) is 2.18. The molecule has 2 aromatic rings. The molecule has 0 spiro atoms. The minimum Gasteiger partial charge on any atom is -0.256 e. The number of aromatic nitrogens is 1. The summed E-state index contributed by atoms with van der Waals surface area (Å²) >= 11 is 5.71. The van der Waals surface area contributed by atoms with Crippen LogP contribution in [0, 0.1) is 11.6 Å². The maximum Gasteiger partial charge on any atom is 0.135 e. The topological polar surface area (TPSA) is 12.9 Å². The van der Waals surface area contributed by atoms with Crippen LogP contribution in [0.1, 0.15) is 0 Å². The predicted molar refractivity (Wildman–Crippen MR) is 54.6 cm³/mol. The van der Waals surface area contributed by atoms with Gasteiger partial charge in [0.05, 0.1) is 11.3 Å². The van der Waals surface area contributed by atoms with Gasteiger partial charge in [-0.05, 0) is 24.3 Å². The molecule has 0 saturated heterocycles. The molecule has 1 heterocycles. The van der Waals surface area contributed by atoms with E-state index in [0.717, 1.165) is 0 Å². The van der Waals surface area contributed by atoms with E-state index in [9.17, 15) is 8.78 Å². The van der Waals surface area contributed by atoms with Crippen molar-refractivity contribution in [3.63, 3.8) is 0 Å². The fraction of sp³-hybridized carbons (Fsp3) is 0.